The van der Waals surface area contributed by atoms with Crippen molar-refractivity contribution in [2.45, 2.75) is 24.0 Å². The van der Waals surface area contributed by atoms with Crippen LogP contribution in [0.4, 0.5) is 0 Å². The number of ether oxygens (including phenoxy) is 2. The first-order chi connectivity index (χ1) is 17.8. The number of benzene rings is 3. The molecule has 0 N–H and O–H groups in total. The summed E-state index contributed by atoms with van der Waals surface area (Å²) < 4.78 is 38.5. The molecule has 0 saturated carbocycles. The first kappa shape index (κ1) is 25.9. The number of carbonyl (C=O) groups excluding carboxylic acids is 1. The average Bonchev–Trinajstić information content (AvgIpc) is 3.41. The minimum atomic E-state index is -3.95. The van der Waals surface area contributed by atoms with Crippen molar-refractivity contribution in [1.29, 1.82) is 5.26 Å². The van der Waals surface area contributed by atoms with Crippen molar-refractivity contribution in [3.05, 3.63) is 95.1 Å². The van der Waals surface area contributed by atoms with Gasteiger partial charge in [0.25, 0.3) is 0 Å². The van der Waals surface area contributed by atoms with Gasteiger partial charge in [0, 0.05) is 13.0 Å². The summed E-state index contributed by atoms with van der Waals surface area (Å²) in [6.45, 7) is 0.0890. The molecule has 0 amide bonds. The van der Waals surface area contributed by atoms with E-state index in [1.54, 1.807) is 31.4 Å². The lowest BCUT2D eigenvalue weighted by molar-refractivity contribution is 0.0600. The second-order valence-electron chi connectivity index (χ2n) is 8.32. The Hall–Kier alpha value is -4.20. The number of methoxy groups -OCH3 is 2. The van der Waals surface area contributed by atoms with Gasteiger partial charge in [-0.2, -0.15) is 9.57 Å². The van der Waals surface area contributed by atoms with Crippen LogP contribution in [0.2, 0.25) is 0 Å². The van der Waals surface area contributed by atoms with Gasteiger partial charge < -0.3 is 14.3 Å². The summed E-state index contributed by atoms with van der Waals surface area (Å²) >= 11 is 0. The number of esters is 1. The third-order valence-electron chi connectivity index (χ3n) is 5.92. The summed E-state index contributed by atoms with van der Waals surface area (Å²) in [5.41, 5.74) is 2.98. The van der Waals surface area contributed by atoms with Gasteiger partial charge in [0.05, 0.1) is 48.6 Å². The molecule has 1 atom stereocenters. The highest BCUT2D eigenvalue weighted by Gasteiger charge is 2.31. The number of rotatable bonds is 9. The van der Waals surface area contributed by atoms with Crippen molar-refractivity contribution in [3.8, 4) is 11.8 Å². The lowest BCUT2D eigenvalue weighted by Gasteiger charge is -2.24. The normalized spacial score (nSPS) is 15.0. The molecular weight excluding hydrogens is 494 g/mol. The van der Waals surface area contributed by atoms with Crippen LogP contribution in [-0.4, -0.2) is 51.3 Å². The molecule has 3 aromatic rings. The molecule has 0 aliphatic carbocycles. The van der Waals surface area contributed by atoms with E-state index in [-0.39, 0.29) is 18.0 Å². The molecule has 0 spiro atoms. The van der Waals surface area contributed by atoms with E-state index in [4.69, 9.17) is 19.6 Å². The zero-order chi connectivity index (χ0) is 26.4. The third kappa shape index (κ3) is 5.97. The lowest BCUT2D eigenvalue weighted by atomic mass is 10.0. The van der Waals surface area contributed by atoms with Gasteiger partial charge in [0.1, 0.15) is 11.9 Å². The van der Waals surface area contributed by atoms with Crippen molar-refractivity contribution in [1.82, 2.24) is 4.31 Å². The quantitative estimate of drug-likeness (QED) is 0.395. The zero-order valence-electron chi connectivity index (χ0n) is 20.3. The highest BCUT2D eigenvalue weighted by molar-refractivity contribution is 7.89. The number of hydrogen-bond acceptors (Lipinski definition) is 8. The summed E-state index contributed by atoms with van der Waals surface area (Å²) in [6, 6.07) is 21.7. The van der Waals surface area contributed by atoms with Gasteiger partial charge in [-0.05, 0) is 71.8 Å². The van der Waals surface area contributed by atoms with E-state index in [1.807, 2.05) is 30.3 Å². The van der Waals surface area contributed by atoms with Gasteiger partial charge in [-0.1, -0.05) is 17.3 Å². The van der Waals surface area contributed by atoms with Crippen molar-refractivity contribution >= 4 is 21.7 Å². The molecule has 37 heavy (non-hydrogen) atoms. The van der Waals surface area contributed by atoms with Crippen LogP contribution in [0.25, 0.3) is 0 Å². The minimum Gasteiger partial charge on any atom is -0.497 e. The minimum absolute atomic E-state index is 0.0432. The summed E-state index contributed by atoms with van der Waals surface area (Å²) in [5, 5.41) is 13.3. The molecule has 1 unspecified atom stereocenters. The molecule has 3 aromatic carbocycles. The van der Waals surface area contributed by atoms with Gasteiger partial charge >= 0.3 is 5.97 Å². The van der Waals surface area contributed by atoms with Crippen molar-refractivity contribution < 1.29 is 27.5 Å². The summed E-state index contributed by atoms with van der Waals surface area (Å²) in [7, 11) is -1.06. The van der Waals surface area contributed by atoms with E-state index in [0.29, 0.717) is 28.8 Å². The molecule has 0 bridgehead atoms. The maximum atomic E-state index is 13.6. The van der Waals surface area contributed by atoms with Crippen LogP contribution in [0.3, 0.4) is 0 Å². The Balaban J connectivity index is 1.56. The van der Waals surface area contributed by atoms with Crippen molar-refractivity contribution in [3.63, 3.8) is 0 Å². The largest absolute Gasteiger partial charge is 0.497 e. The second kappa shape index (κ2) is 11.2. The van der Waals surface area contributed by atoms with E-state index < -0.39 is 22.1 Å². The van der Waals surface area contributed by atoms with Gasteiger partial charge in [-0.3, -0.25) is 0 Å². The first-order valence-electron chi connectivity index (χ1n) is 11.4. The number of nitrogens with zero attached hydrogens (tertiary/aromatic N) is 3. The van der Waals surface area contributed by atoms with Gasteiger partial charge in [-0.25, -0.2) is 13.2 Å². The number of nitriles is 1. The number of hydrogen-bond donors (Lipinski definition) is 0. The molecule has 10 heteroatoms. The SMILES string of the molecule is COC(=O)c1ccc(CN(CC2CC(c3ccc(OC)cc3)=NO2)S(=O)(=O)c2ccc(C#N)cc2)cc1. The van der Waals surface area contributed by atoms with Crippen LogP contribution in [-0.2, 0) is 26.1 Å². The fraction of sp³-hybridized carbons (Fsp3) is 0.222. The lowest BCUT2D eigenvalue weighted by Crippen LogP contribution is -2.37. The van der Waals surface area contributed by atoms with Crippen LogP contribution in [0.15, 0.2) is 82.8 Å². The van der Waals surface area contributed by atoms with Crippen molar-refractivity contribution in [2.24, 2.45) is 5.16 Å². The number of oxime groups is 1. The van der Waals surface area contributed by atoms with Crippen LogP contribution >= 0.6 is 0 Å². The average molecular weight is 520 g/mol. The summed E-state index contributed by atoms with van der Waals surface area (Å²) in [6.07, 6.45) is -0.0768. The van der Waals surface area contributed by atoms with Crippen LogP contribution in [0, 0.1) is 11.3 Å². The Bertz CT molecular complexity index is 1430. The standard InChI is InChI=1S/C27H25N3O6S/c1-34-23-11-9-21(10-12-23)26-15-24(36-29-26)18-30(17-20-3-7-22(8-4-20)27(31)35-2)37(32,33)25-13-5-19(16-28)6-14-25/h3-14,24H,15,17-18H2,1-2H3. The molecule has 1 aliphatic rings. The van der Waals surface area contributed by atoms with Gasteiger partial charge in [-0.15, -0.1) is 0 Å². The molecule has 9 nitrogen and oxygen atoms in total. The maximum Gasteiger partial charge on any atom is 0.337 e. The molecule has 0 aromatic heterocycles. The van der Waals surface area contributed by atoms with Crippen LogP contribution in [0.1, 0.15) is 33.5 Å². The molecule has 0 radical (unpaired) electrons. The Morgan fingerprint density at radius 3 is 2.32 bits per heavy atom. The molecule has 0 fully saturated rings. The van der Waals surface area contributed by atoms with E-state index in [1.165, 1.54) is 35.7 Å². The smallest absolute Gasteiger partial charge is 0.337 e. The molecule has 0 saturated heterocycles. The Morgan fingerprint density at radius 2 is 1.73 bits per heavy atom. The molecular formula is C27H25N3O6S. The Kier molecular flexibility index (Phi) is 7.86. The highest BCUT2D eigenvalue weighted by Crippen LogP contribution is 2.25. The molecule has 1 heterocycles. The fourth-order valence-electron chi connectivity index (χ4n) is 3.87. The Morgan fingerprint density at radius 1 is 1.05 bits per heavy atom. The highest BCUT2D eigenvalue weighted by atomic mass is 32.2. The van der Waals surface area contributed by atoms with Crippen LogP contribution in [0.5, 0.6) is 5.75 Å². The molecule has 4 rings (SSSR count). The zero-order valence-corrected chi connectivity index (χ0v) is 21.1. The topological polar surface area (TPSA) is 118 Å². The molecule has 1 aliphatic heterocycles. The second-order valence-corrected chi connectivity index (χ2v) is 10.3. The summed E-state index contributed by atoms with van der Waals surface area (Å²) in [5.74, 6) is 0.244. The monoisotopic (exact) mass is 519 g/mol. The maximum absolute atomic E-state index is 13.6. The van der Waals surface area contributed by atoms with Gasteiger partial charge in [0.15, 0.2) is 0 Å². The third-order valence-corrected chi connectivity index (χ3v) is 7.74. The van der Waals surface area contributed by atoms with E-state index in [2.05, 4.69) is 5.16 Å². The number of carbonyl (C=O) groups is 1. The Labute approximate surface area is 215 Å². The predicted octanol–water partition coefficient (Wildman–Crippen LogP) is 3.74. The van der Waals surface area contributed by atoms with E-state index >= 15 is 0 Å². The molecule has 190 valence electrons. The van der Waals surface area contributed by atoms with E-state index in [9.17, 15) is 13.2 Å². The van der Waals surface area contributed by atoms with Crippen LogP contribution < -0.4 is 4.74 Å². The fourth-order valence-corrected chi connectivity index (χ4v) is 5.33. The first-order valence-corrected chi connectivity index (χ1v) is 12.8. The van der Waals surface area contributed by atoms with Crippen molar-refractivity contribution in [2.75, 3.05) is 20.8 Å². The predicted molar refractivity (Wildman–Crippen MR) is 136 cm³/mol. The van der Waals surface area contributed by atoms with E-state index in [0.717, 1.165) is 11.3 Å². The number of sulfonamides is 1. The van der Waals surface area contributed by atoms with Gasteiger partial charge in [0.2, 0.25) is 10.0 Å². The summed E-state index contributed by atoms with van der Waals surface area (Å²) in [4.78, 5) is 17.5.